The van der Waals surface area contributed by atoms with Gasteiger partial charge in [0.25, 0.3) is 0 Å². The van der Waals surface area contributed by atoms with Crippen molar-refractivity contribution in [1.82, 2.24) is 20.2 Å². The van der Waals surface area contributed by atoms with E-state index in [4.69, 9.17) is 4.98 Å². The molecule has 2 aromatic carbocycles. The number of anilines is 1. The third-order valence-electron chi connectivity index (χ3n) is 4.27. The largest absolute Gasteiger partial charge is 0.325 e. The van der Waals surface area contributed by atoms with Crippen molar-refractivity contribution in [2.75, 3.05) is 11.1 Å². The second-order valence-electron chi connectivity index (χ2n) is 6.41. The molecule has 0 fully saturated rings. The fraction of sp³-hybridized carbons (Fsp3) is 0.0870. The van der Waals surface area contributed by atoms with Gasteiger partial charge in [0.1, 0.15) is 11.4 Å². The minimum atomic E-state index is -0.0763. The molecular formula is C23H19N5OS. The lowest BCUT2D eigenvalue weighted by molar-refractivity contribution is -0.115. The smallest absolute Gasteiger partial charge is 0.225 e. The molecule has 148 valence electrons. The SMILES string of the molecule is O=C(CCSc1nnc(-c2ccccc2)c(-c2ccccc2)n1)Nc1cccnc1. The predicted octanol–water partition coefficient (Wildman–Crippen LogP) is 4.72. The molecule has 0 atom stereocenters. The van der Waals surface area contributed by atoms with Crippen LogP contribution in [0.3, 0.4) is 0 Å². The van der Waals surface area contributed by atoms with Gasteiger partial charge in [-0.1, -0.05) is 72.4 Å². The van der Waals surface area contributed by atoms with Crippen LogP contribution in [0.25, 0.3) is 22.5 Å². The fourth-order valence-electron chi connectivity index (χ4n) is 2.86. The van der Waals surface area contributed by atoms with E-state index in [1.165, 1.54) is 11.8 Å². The molecule has 0 unspecified atom stereocenters. The van der Waals surface area contributed by atoms with Crippen molar-refractivity contribution in [2.45, 2.75) is 11.6 Å². The highest BCUT2D eigenvalue weighted by Crippen LogP contribution is 2.29. The lowest BCUT2D eigenvalue weighted by Crippen LogP contribution is -2.12. The number of carbonyl (C=O) groups excluding carboxylic acids is 1. The fourth-order valence-corrected chi connectivity index (χ4v) is 3.58. The van der Waals surface area contributed by atoms with Gasteiger partial charge in [0, 0.05) is 29.5 Å². The normalized spacial score (nSPS) is 10.5. The van der Waals surface area contributed by atoms with Crippen LogP contribution < -0.4 is 5.32 Å². The third-order valence-corrected chi connectivity index (χ3v) is 5.11. The zero-order valence-corrected chi connectivity index (χ0v) is 16.9. The van der Waals surface area contributed by atoms with Crippen LogP contribution in [0.15, 0.2) is 90.3 Å². The van der Waals surface area contributed by atoms with Gasteiger partial charge >= 0.3 is 0 Å². The third kappa shape index (κ3) is 5.07. The minimum Gasteiger partial charge on any atom is -0.325 e. The zero-order valence-electron chi connectivity index (χ0n) is 16.1. The molecule has 0 saturated heterocycles. The van der Waals surface area contributed by atoms with Crippen molar-refractivity contribution in [3.05, 3.63) is 85.2 Å². The van der Waals surface area contributed by atoms with Crippen LogP contribution in [0.2, 0.25) is 0 Å². The van der Waals surface area contributed by atoms with Crippen LogP contribution in [0, 0.1) is 0 Å². The number of amides is 1. The van der Waals surface area contributed by atoms with Crippen molar-refractivity contribution < 1.29 is 4.79 Å². The molecule has 7 heteroatoms. The maximum absolute atomic E-state index is 12.1. The standard InChI is InChI=1S/C23H19N5OS/c29-20(25-19-12-7-14-24-16-19)13-15-30-23-26-21(17-8-3-1-4-9-17)22(27-28-23)18-10-5-2-6-11-18/h1-12,14,16H,13,15H2,(H,25,29). The Balaban J connectivity index is 1.48. The molecule has 0 aliphatic heterocycles. The summed E-state index contributed by atoms with van der Waals surface area (Å²) in [5.74, 6) is 0.472. The highest BCUT2D eigenvalue weighted by Gasteiger charge is 2.14. The Morgan fingerprint density at radius 3 is 2.20 bits per heavy atom. The van der Waals surface area contributed by atoms with Crippen LogP contribution in [0.1, 0.15) is 6.42 Å². The van der Waals surface area contributed by atoms with Crippen molar-refractivity contribution in [3.63, 3.8) is 0 Å². The van der Waals surface area contributed by atoms with Gasteiger partial charge in [0.2, 0.25) is 11.1 Å². The van der Waals surface area contributed by atoms with Crippen LogP contribution in [0.5, 0.6) is 0 Å². The first-order chi connectivity index (χ1) is 14.8. The molecule has 1 amide bonds. The second kappa shape index (κ2) is 9.76. The molecule has 0 bridgehead atoms. The maximum atomic E-state index is 12.1. The average Bonchev–Trinajstić information content (AvgIpc) is 2.81. The molecule has 6 nitrogen and oxygen atoms in total. The van der Waals surface area contributed by atoms with E-state index in [0.29, 0.717) is 23.0 Å². The van der Waals surface area contributed by atoms with E-state index in [1.807, 2.05) is 60.7 Å². The number of hydrogen-bond acceptors (Lipinski definition) is 6. The number of hydrogen-bond donors (Lipinski definition) is 1. The monoisotopic (exact) mass is 413 g/mol. The highest BCUT2D eigenvalue weighted by atomic mass is 32.2. The molecule has 0 aliphatic rings. The van der Waals surface area contributed by atoms with E-state index in [2.05, 4.69) is 20.5 Å². The Hall–Kier alpha value is -3.58. The molecule has 0 radical (unpaired) electrons. The number of thioether (sulfide) groups is 1. The Kier molecular flexibility index (Phi) is 6.41. The van der Waals surface area contributed by atoms with Gasteiger partial charge < -0.3 is 5.32 Å². The topological polar surface area (TPSA) is 80.7 Å². The molecule has 4 rings (SSSR count). The van der Waals surface area contributed by atoms with Crippen LogP contribution in [-0.4, -0.2) is 31.8 Å². The minimum absolute atomic E-state index is 0.0763. The van der Waals surface area contributed by atoms with Crippen LogP contribution in [-0.2, 0) is 4.79 Å². The summed E-state index contributed by atoms with van der Waals surface area (Å²) in [7, 11) is 0. The molecule has 1 N–H and O–H groups in total. The van der Waals surface area contributed by atoms with E-state index in [-0.39, 0.29) is 5.91 Å². The van der Waals surface area contributed by atoms with Crippen LogP contribution >= 0.6 is 11.8 Å². The van der Waals surface area contributed by atoms with E-state index < -0.39 is 0 Å². The summed E-state index contributed by atoms with van der Waals surface area (Å²) in [5.41, 5.74) is 4.13. The summed E-state index contributed by atoms with van der Waals surface area (Å²) in [6.45, 7) is 0. The molecular weight excluding hydrogens is 394 g/mol. The van der Waals surface area contributed by atoms with Gasteiger partial charge in [-0.2, -0.15) is 0 Å². The van der Waals surface area contributed by atoms with Gasteiger partial charge in [-0.15, -0.1) is 10.2 Å². The lowest BCUT2D eigenvalue weighted by atomic mass is 10.0. The van der Waals surface area contributed by atoms with Gasteiger partial charge in [-0.3, -0.25) is 9.78 Å². The van der Waals surface area contributed by atoms with Crippen molar-refractivity contribution in [2.24, 2.45) is 0 Å². The van der Waals surface area contributed by atoms with E-state index >= 15 is 0 Å². The van der Waals surface area contributed by atoms with E-state index in [0.717, 1.165) is 22.5 Å². The number of pyridine rings is 1. The Labute approximate surface area is 178 Å². The number of rotatable bonds is 7. The number of benzene rings is 2. The molecule has 2 aromatic heterocycles. The molecule has 4 aromatic rings. The van der Waals surface area contributed by atoms with Crippen LogP contribution in [0.4, 0.5) is 5.69 Å². The highest BCUT2D eigenvalue weighted by molar-refractivity contribution is 7.99. The number of carbonyl (C=O) groups is 1. The zero-order chi connectivity index (χ0) is 20.6. The first-order valence-corrected chi connectivity index (χ1v) is 10.5. The maximum Gasteiger partial charge on any atom is 0.225 e. The van der Waals surface area contributed by atoms with Gasteiger partial charge in [-0.05, 0) is 12.1 Å². The van der Waals surface area contributed by atoms with Crippen molar-refractivity contribution in [1.29, 1.82) is 0 Å². The Bertz CT molecular complexity index is 1110. The average molecular weight is 414 g/mol. The molecule has 0 spiro atoms. The van der Waals surface area contributed by atoms with Gasteiger partial charge in [0.05, 0.1) is 11.9 Å². The summed E-state index contributed by atoms with van der Waals surface area (Å²) in [6.07, 6.45) is 3.62. The molecule has 0 saturated carbocycles. The first kappa shape index (κ1) is 19.7. The summed E-state index contributed by atoms with van der Waals surface area (Å²) in [6, 6.07) is 23.4. The Morgan fingerprint density at radius 1 is 0.833 bits per heavy atom. The summed E-state index contributed by atoms with van der Waals surface area (Å²) in [5, 5.41) is 12.1. The molecule has 0 aliphatic carbocycles. The number of nitrogens with one attached hydrogen (secondary N) is 1. The van der Waals surface area contributed by atoms with Gasteiger partial charge in [0.15, 0.2) is 0 Å². The lowest BCUT2D eigenvalue weighted by Gasteiger charge is -2.09. The van der Waals surface area contributed by atoms with Crippen molar-refractivity contribution in [3.8, 4) is 22.5 Å². The molecule has 30 heavy (non-hydrogen) atoms. The summed E-state index contributed by atoms with van der Waals surface area (Å²) in [4.78, 5) is 20.9. The summed E-state index contributed by atoms with van der Waals surface area (Å²) >= 11 is 1.41. The quantitative estimate of drug-likeness (QED) is 0.442. The first-order valence-electron chi connectivity index (χ1n) is 9.48. The van der Waals surface area contributed by atoms with E-state index in [9.17, 15) is 4.79 Å². The van der Waals surface area contributed by atoms with Gasteiger partial charge in [-0.25, -0.2) is 4.98 Å². The predicted molar refractivity (Wildman–Crippen MR) is 119 cm³/mol. The van der Waals surface area contributed by atoms with Crippen molar-refractivity contribution >= 4 is 23.4 Å². The molecule has 2 heterocycles. The Morgan fingerprint density at radius 2 is 1.53 bits per heavy atom. The summed E-state index contributed by atoms with van der Waals surface area (Å²) < 4.78 is 0. The number of nitrogens with zero attached hydrogens (tertiary/aromatic N) is 4. The second-order valence-corrected chi connectivity index (χ2v) is 7.47. The number of aromatic nitrogens is 4. The van der Waals surface area contributed by atoms with E-state index in [1.54, 1.807) is 24.5 Å².